The summed E-state index contributed by atoms with van der Waals surface area (Å²) in [6.07, 6.45) is -4.98. The van der Waals surface area contributed by atoms with Gasteiger partial charge in [0.1, 0.15) is 24.3 Å². The number of para-hydroxylation sites is 1. The minimum atomic E-state index is -4.60. The molecule has 31 heavy (non-hydrogen) atoms. The second-order valence-electron chi connectivity index (χ2n) is 7.28. The van der Waals surface area contributed by atoms with Gasteiger partial charge >= 0.3 is 6.18 Å². The van der Waals surface area contributed by atoms with Crippen LogP contribution in [-0.4, -0.2) is 43.8 Å². The molecule has 0 amide bonds. The Balaban J connectivity index is 0.00000171. The van der Waals surface area contributed by atoms with Crippen molar-refractivity contribution in [2.45, 2.75) is 24.9 Å². The Morgan fingerprint density at radius 2 is 1.77 bits per heavy atom. The molecule has 2 heterocycles. The Morgan fingerprint density at radius 3 is 2.48 bits per heavy atom. The molecule has 0 unspecified atom stereocenters. The van der Waals surface area contributed by atoms with Crippen molar-refractivity contribution < 1.29 is 27.0 Å². The molecule has 0 bridgehead atoms. The van der Waals surface area contributed by atoms with Gasteiger partial charge in [-0.2, -0.15) is 13.2 Å². The fraction of sp³-hybridized carbons (Fsp3) is 0.429. The summed E-state index contributed by atoms with van der Waals surface area (Å²) in [7, 11) is 0. The number of benzene rings is 2. The first kappa shape index (κ1) is 25.7. The van der Waals surface area contributed by atoms with Crippen molar-refractivity contribution in [1.29, 1.82) is 0 Å². The van der Waals surface area contributed by atoms with Crippen molar-refractivity contribution in [1.82, 2.24) is 10.2 Å². The highest BCUT2D eigenvalue weighted by Gasteiger charge is 2.37. The number of ether oxygens (including phenoxy) is 2. The second-order valence-corrected chi connectivity index (χ2v) is 7.28. The van der Waals surface area contributed by atoms with Gasteiger partial charge in [0.25, 0.3) is 0 Å². The number of rotatable bonds is 4. The van der Waals surface area contributed by atoms with Gasteiger partial charge in [-0.15, -0.1) is 24.8 Å². The van der Waals surface area contributed by atoms with Gasteiger partial charge in [0.05, 0.1) is 18.2 Å². The normalized spacial score (nSPS) is 21.3. The molecule has 2 aromatic rings. The van der Waals surface area contributed by atoms with Gasteiger partial charge in [0, 0.05) is 31.7 Å². The summed E-state index contributed by atoms with van der Waals surface area (Å²) in [5.41, 5.74) is 0.135. The van der Waals surface area contributed by atoms with Gasteiger partial charge in [0.15, 0.2) is 0 Å². The van der Waals surface area contributed by atoms with Gasteiger partial charge in [-0.1, -0.05) is 18.2 Å². The van der Waals surface area contributed by atoms with Crippen LogP contribution in [0, 0.1) is 5.82 Å². The average molecular weight is 483 g/mol. The summed E-state index contributed by atoms with van der Waals surface area (Å²) >= 11 is 0. The lowest BCUT2D eigenvalue weighted by Crippen LogP contribution is -2.51. The molecule has 2 aromatic carbocycles. The molecule has 1 fully saturated rings. The lowest BCUT2D eigenvalue weighted by molar-refractivity contribution is -0.137. The van der Waals surface area contributed by atoms with E-state index in [2.05, 4.69) is 10.2 Å². The quantitative estimate of drug-likeness (QED) is 0.645. The number of halogens is 6. The fourth-order valence-corrected chi connectivity index (χ4v) is 3.95. The SMILES string of the molecule is Cl.Cl.Fc1cc(CO[C@@H]2COc3ccccc3[C@H]2N2CCNCC2)cc(C(F)(F)F)c1. The Morgan fingerprint density at radius 1 is 1.06 bits per heavy atom. The molecule has 2 atom stereocenters. The monoisotopic (exact) mass is 482 g/mol. The van der Waals surface area contributed by atoms with Crippen LogP contribution in [0.25, 0.3) is 0 Å². The highest BCUT2D eigenvalue weighted by Crippen LogP contribution is 2.38. The van der Waals surface area contributed by atoms with Crippen LogP contribution in [0.5, 0.6) is 5.75 Å². The maximum absolute atomic E-state index is 13.7. The summed E-state index contributed by atoms with van der Waals surface area (Å²) < 4.78 is 64.4. The first-order valence-corrected chi connectivity index (χ1v) is 9.56. The number of piperazine rings is 1. The van der Waals surface area contributed by atoms with Crippen LogP contribution in [0.3, 0.4) is 0 Å². The standard InChI is InChI=1S/C21H22F4N2O2.2ClH/c22-16-10-14(9-15(11-16)21(23,24)25)12-28-19-13-29-18-4-2-1-3-17(18)20(19)27-7-5-26-6-8-27;;/h1-4,9-11,19-20,26H,5-8,12-13H2;2*1H/t19-,20-;;/m1../s1. The van der Waals surface area contributed by atoms with Gasteiger partial charge in [0.2, 0.25) is 0 Å². The van der Waals surface area contributed by atoms with E-state index >= 15 is 0 Å². The molecule has 2 aliphatic heterocycles. The summed E-state index contributed by atoms with van der Waals surface area (Å²) in [5.74, 6) is -0.136. The molecule has 1 saturated heterocycles. The largest absolute Gasteiger partial charge is 0.490 e. The highest BCUT2D eigenvalue weighted by atomic mass is 35.5. The molecule has 0 spiro atoms. The van der Waals surface area contributed by atoms with E-state index in [1.54, 1.807) is 0 Å². The lowest BCUT2D eigenvalue weighted by Gasteiger charge is -2.42. The lowest BCUT2D eigenvalue weighted by atomic mass is 9.95. The van der Waals surface area contributed by atoms with Crippen LogP contribution in [0.15, 0.2) is 42.5 Å². The van der Waals surface area contributed by atoms with E-state index in [1.165, 1.54) is 0 Å². The summed E-state index contributed by atoms with van der Waals surface area (Å²) in [6.45, 7) is 3.52. The number of fused-ring (bicyclic) bond motifs is 1. The van der Waals surface area contributed by atoms with Crippen molar-refractivity contribution in [2.75, 3.05) is 32.8 Å². The third-order valence-corrected chi connectivity index (χ3v) is 5.29. The van der Waals surface area contributed by atoms with Crippen molar-refractivity contribution in [3.05, 3.63) is 65.0 Å². The van der Waals surface area contributed by atoms with Crippen LogP contribution in [-0.2, 0) is 17.5 Å². The minimum absolute atomic E-state index is 0. The van der Waals surface area contributed by atoms with Crippen molar-refractivity contribution in [3.63, 3.8) is 0 Å². The van der Waals surface area contributed by atoms with E-state index in [9.17, 15) is 17.6 Å². The van der Waals surface area contributed by atoms with Gasteiger partial charge in [-0.25, -0.2) is 4.39 Å². The van der Waals surface area contributed by atoms with Crippen molar-refractivity contribution >= 4 is 24.8 Å². The van der Waals surface area contributed by atoms with Crippen molar-refractivity contribution in [3.8, 4) is 5.75 Å². The average Bonchev–Trinajstić information content (AvgIpc) is 2.71. The minimum Gasteiger partial charge on any atom is -0.490 e. The summed E-state index contributed by atoms with van der Waals surface area (Å²) in [5, 5.41) is 3.32. The Labute approximate surface area is 190 Å². The van der Waals surface area contributed by atoms with Gasteiger partial charge < -0.3 is 14.8 Å². The fourth-order valence-electron chi connectivity index (χ4n) is 3.95. The molecule has 0 aromatic heterocycles. The second kappa shape index (κ2) is 10.8. The maximum Gasteiger partial charge on any atom is 0.416 e. The van der Waals surface area contributed by atoms with Crippen LogP contribution in [0.4, 0.5) is 17.6 Å². The molecule has 0 saturated carbocycles. The third kappa shape index (κ3) is 6.02. The molecule has 4 rings (SSSR count). The van der Waals surface area contributed by atoms with E-state index < -0.39 is 17.6 Å². The Bertz CT molecular complexity index is 864. The first-order chi connectivity index (χ1) is 13.9. The number of hydrogen-bond donors (Lipinski definition) is 1. The predicted molar refractivity (Wildman–Crippen MR) is 114 cm³/mol. The first-order valence-electron chi connectivity index (χ1n) is 9.56. The van der Waals surface area contributed by atoms with Gasteiger partial charge in [-0.3, -0.25) is 4.90 Å². The predicted octanol–water partition coefficient (Wildman–Crippen LogP) is 4.61. The zero-order valence-electron chi connectivity index (χ0n) is 16.5. The van der Waals surface area contributed by atoms with E-state index in [1.807, 2.05) is 24.3 Å². The number of hydrogen-bond acceptors (Lipinski definition) is 4. The van der Waals surface area contributed by atoms with Crippen LogP contribution in [0.1, 0.15) is 22.7 Å². The molecular weight excluding hydrogens is 459 g/mol. The van der Waals surface area contributed by atoms with E-state index in [0.717, 1.165) is 49.6 Å². The maximum atomic E-state index is 13.7. The molecule has 10 heteroatoms. The molecule has 1 N–H and O–H groups in total. The smallest absolute Gasteiger partial charge is 0.416 e. The molecule has 0 radical (unpaired) electrons. The molecule has 172 valence electrons. The number of nitrogens with one attached hydrogen (secondary N) is 1. The highest BCUT2D eigenvalue weighted by molar-refractivity contribution is 5.85. The zero-order chi connectivity index (χ0) is 20.4. The van der Waals surface area contributed by atoms with Crippen LogP contribution < -0.4 is 10.1 Å². The van der Waals surface area contributed by atoms with Crippen molar-refractivity contribution in [2.24, 2.45) is 0 Å². The zero-order valence-corrected chi connectivity index (χ0v) is 18.2. The van der Waals surface area contributed by atoms with E-state index in [-0.39, 0.29) is 55.7 Å². The molecular formula is C21H24Cl2F4N2O2. The third-order valence-electron chi connectivity index (χ3n) is 5.29. The summed E-state index contributed by atoms with van der Waals surface area (Å²) in [4.78, 5) is 2.30. The van der Waals surface area contributed by atoms with Crippen LogP contribution in [0.2, 0.25) is 0 Å². The molecule has 2 aliphatic rings. The molecule has 4 nitrogen and oxygen atoms in total. The van der Waals surface area contributed by atoms with E-state index in [4.69, 9.17) is 9.47 Å². The number of nitrogens with zero attached hydrogens (tertiary/aromatic N) is 1. The van der Waals surface area contributed by atoms with Crippen LogP contribution >= 0.6 is 24.8 Å². The topological polar surface area (TPSA) is 33.7 Å². The Hall–Kier alpha value is -1.58. The molecule has 0 aliphatic carbocycles. The summed E-state index contributed by atoms with van der Waals surface area (Å²) in [6, 6.07) is 10.2. The van der Waals surface area contributed by atoms with Gasteiger partial charge in [-0.05, 0) is 29.8 Å². The van der Waals surface area contributed by atoms with E-state index in [0.29, 0.717) is 6.07 Å². The number of alkyl halides is 3. The Kier molecular flexibility index (Phi) is 8.97.